The highest BCUT2D eigenvalue weighted by Crippen LogP contribution is 2.44. The molecule has 1 saturated carbocycles. The van der Waals surface area contributed by atoms with Crippen LogP contribution in [0.1, 0.15) is 36.3 Å². The van der Waals surface area contributed by atoms with E-state index in [2.05, 4.69) is 24.3 Å². The van der Waals surface area contributed by atoms with Crippen molar-refractivity contribution in [1.29, 1.82) is 0 Å². The predicted molar refractivity (Wildman–Crippen MR) is 105 cm³/mol. The largest absolute Gasteiger partial charge is 0.448 e. The Hall–Kier alpha value is -2.37. The van der Waals surface area contributed by atoms with Gasteiger partial charge >= 0.3 is 6.09 Å². The van der Waals surface area contributed by atoms with Gasteiger partial charge in [-0.3, -0.25) is 0 Å². The molecular weight excluding hydrogens is 354 g/mol. The van der Waals surface area contributed by atoms with E-state index in [0.29, 0.717) is 19.7 Å². The van der Waals surface area contributed by atoms with Gasteiger partial charge < -0.3 is 19.5 Å². The van der Waals surface area contributed by atoms with Crippen LogP contribution in [0.3, 0.4) is 0 Å². The lowest BCUT2D eigenvalue weighted by molar-refractivity contribution is -0.112. The van der Waals surface area contributed by atoms with Crippen molar-refractivity contribution in [3.8, 4) is 11.1 Å². The standard InChI is InChI=1S/C23H25NO4/c25-21-10-5-11-22(21)28-15-12-24(13-15)23(26)27-14-20-18-8-3-1-6-16(18)17-7-2-4-9-19(17)20/h1-4,6-9,15,20-22,25H,5,10-14H2/t21-,22-/m1/s1. The number of amides is 1. The number of benzene rings is 2. The van der Waals surface area contributed by atoms with Crippen LogP contribution in [-0.4, -0.2) is 54.1 Å². The second-order valence-electron chi connectivity index (χ2n) is 8.00. The minimum absolute atomic E-state index is 0.0123. The SMILES string of the molecule is O=C(OCC1c2ccccc2-c2ccccc21)N1CC(O[C@@H]2CCC[C@H]2O)C1. The van der Waals surface area contributed by atoms with E-state index in [-0.39, 0.29) is 30.3 Å². The highest BCUT2D eigenvalue weighted by Gasteiger charge is 2.38. The number of carbonyl (C=O) groups is 1. The molecule has 3 aliphatic rings. The van der Waals surface area contributed by atoms with Crippen molar-refractivity contribution < 1.29 is 19.4 Å². The number of rotatable bonds is 4. The average Bonchev–Trinajstić information content (AvgIpc) is 3.23. The van der Waals surface area contributed by atoms with Crippen LogP contribution < -0.4 is 0 Å². The van der Waals surface area contributed by atoms with E-state index in [1.165, 1.54) is 22.3 Å². The van der Waals surface area contributed by atoms with Crippen LogP contribution in [-0.2, 0) is 9.47 Å². The number of carbonyl (C=O) groups excluding carboxylic acids is 1. The molecule has 0 aromatic heterocycles. The molecule has 2 aromatic rings. The summed E-state index contributed by atoms with van der Waals surface area (Å²) in [4.78, 5) is 14.1. The van der Waals surface area contributed by atoms with Crippen LogP contribution in [0.2, 0.25) is 0 Å². The van der Waals surface area contributed by atoms with Gasteiger partial charge in [-0.2, -0.15) is 0 Å². The molecule has 2 aromatic carbocycles. The van der Waals surface area contributed by atoms with Crippen molar-refractivity contribution in [2.45, 2.75) is 43.5 Å². The zero-order valence-electron chi connectivity index (χ0n) is 15.8. The summed E-state index contributed by atoms with van der Waals surface area (Å²) in [7, 11) is 0. The summed E-state index contributed by atoms with van der Waals surface area (Å²) >= 11 is 0. The summed E-state index contributed by atoms with van der Waals surface area (Å²) in [5, 5.41) is 9.87. The van der Waals surface area contributed by atoms with E-state index in [1.54, 1.807) is 4.90 Å². The van der Waals surface area contributed by atoms with Crippen LogP contribution >= 0.6 is 0 Å². The minimum atomic E-state index is -0.358. The van der Waals surface area contributed by atoms with Crippen LogP contribution in [0, 0.1) is 0 Å². The predicted octanol–water partition coefficient (Wildman–Crippen LogP) is 3.55. The monoisotopic (exact) mass is 379 g/mol. The first-order valence-corrected chi connectivity index (χ1v) is 10.1. The van der Waals surface area contributed by atoms with Crippen molar-refractivity contribution in [1.82, 2.24) is 4.90 Å². The molecule has 1 saturated heterocycles. The summed E-state index contributed by atoms with van der Waals surface area (Å²) in [5.74, 6) is 0.0818. The Kier molecular flexibility index (Phi) is 4.57. The number of hydrogen-bond acceptors (Lipinski definition) is 4. The smallest absolute Gasteiger partial charge is 0.409 e. The Morgan fingerprint density at radius 2 is 1.64 bits per heavy atom. The molecule has 0 unspecified atom stereocenters. The number of aliphatic hydroxyl groups excluding tert-OH is 1. The molecule has 2 atom stereocenters. The fourth-order valence-corrected chi connectivity index (χ4v) is 4.67. The lowest BCUT2D eigenvalue weighted by Crippen LogP contribution is -2.56. The van der Waals surface area contributed by atoms with Gasteiger partial charge in [-0.25, -0.2) is 4.79 Å². The summed E-state index contributed by atoms with van der Waals surface area (Å²) in [6.07, 6.45) is 2.02. The van der Waals surface area contributed by atoms with Crippen molar-refractivity contribution in [2.24, 2.45) is 0 Å². The molecule has 1 amide bonds. The second-order valence-corrected chi connectivity index (χ2v) is 8.00. The van der Waals surface area contributed by atoms with Gasteiger partial charge in [-0.15, -0.1) is 0 Å². The van der Waals surface area contributed by atoms with Crippen molar-refractivity contribution in [3.05, 3.63) is 59.7 Å². The molecule has 2 fully saturated rings. The van der Waals surface area contributed by atoms with Gasteiger partial charge in [-0.05, 0) is 41.5 Å². The van der Waals surface area contributed by atoms with Gasteiger partial charge in [0.1, 0.15) is 6.61 Å². The number of ether oxygens (including phenoxy) is 2. The molecule has 0 bridgehead atoms. The van der Waals surface area contributed by atoms with E-state index in [0.717, 1.165) is 19.3 Å². The quantitative estimate of drug-likeness (QED) is 0.883. The van der Waals surface area contributed by atoms with Gasteiger partial charge in [0.25, 0.3) is 0 Å². The Labute approximate surface area is 164 Å². The van der Waals surface area contributed by atoms with Crippen LogP contribution in [0.25, 0.3) is 11.1 Å². The molecule has 1 aliphatic heterocycles. The first-order chi connectivity index (χ1) is 13.7. The van der Waals surface area contributed by atoms with E-state index in [9.17, 15) is 9.90 Å². The highest BCUT2D eigenvalue weighted by molar-refractivity contribution is 5.79. The molecule has 5 rings (SSSR count). The molecule has 5 heteroatoms. The molecule has 0 spiro atoms. The van der Waals surface area contributed by atoms with E-state index in [1.807, 2.05) is 24.3 Å². The molecule has 1 N–H and O–H groups in total. The molecule has 0 radical (unpaired) electrons. The molecule has 5 nitrogen and oxygen atoms in total. The third-order valence-corrected chi connectivity index (χ3v) is 6.23. The van der Waals surface area contributed by atoms with Gasteiger partial charge in [-0.1, -0.05) is 48.5 Å². The lowest BCUT2D eigenvalue weighted by atomic mass is 9.98. The second kappa shape index (κ2) is 7.22. The summed E-state index contributed by atoms with van der Waals surface area (Å²) in [5.41, 5.74) is 4.89. The Morgan fingerprint density at radius 1 is 1.00 bits per heavy atom. The number of likely N-dealkylation sites (tertiary alicyclic amines) is 1. The maximum atomic E-state index is 12.5. The number of nitrogens with zero attached hydrogens (tertiary/aromatic N) is 1. The van der Waals surface area contributed by atoms with Gasteiger partial charge in [0.05, 0.1) is 31.4 Å². The fourth-order valence-electron chi connectivity index (χ4n) is 4.67. The minimum Gasteiger partial charge on any atom is -0.448 e. The van der Waals surface area contributed by atoms with Gasteiger partial charge in [0.15, 0.2) is 0 Å². The summed E-state index contributed by atoms with van der Waals surface area (Å²) in [6.45, 7) is 1.43. The molecule has 1 heterocycles. The summed E-state index contributed by atoms with van der Waals surface area (Å²) in [6, 6.07) is 16.7. The fraction of sp³-hybridized carbons (Fsp3) is 0.435. The van der Waals surface area contributed by atoms with E-state index < -0.39 is 0 Å². The number of hydrogen-bond donors (Lipinski definition) is 1. The maximum Gasteiger partial charge on any atom is 0.409 e. The average molecular weight is 379 g/mol. The maximum absolute atomic E-state index is 12.5. The molecule has 2 aliphatic carbocycles. The molecule has 146 valence electrons. The third-order valence-electron chi connectivity index (χ3n) is 6.23. The number of aliphatic hydroxyl groups is 1. The first kappa shape index (κ1) is 17.7. The van der Waals surface area contributed by atoms with Crippen LogP contribution in [0.15, 0.2) is 48.5 Å². The van der Waals surface area contributed by atoms with Crippen molar-refractivity contribution >= 4 is 6.09 Å². The highest BCUT2D eigenvalue weighted by atomic mass is 16.6. The first-order valence-electron chi connectivity index (χ1n) is 10.1. The van der Waals surface area contributed by atoms with E-state index >= 15 is 0 Å². The lowest BCUT2D eigenvalue weighted by Gasteiger charge is -2.39. The van der Waals surface area contributed by atoms with Crippen molar-refractivity contribution in [3.63, 3.8) is 0 Å². The van der Waals surface area contributed by atoms with Crippen LogP contribution in [0.4, 0.5) is 4.79 Å². The number of fused-ring (bicyclic) bond motifs is 3. The Morgan fingerprint density at radius 3 is 2.25 bits per heavy atom. The topological polar surface area (TPSA) is 59.0 Å². The van der Waals surface area contributed by atoms with Gasteiger partial charge in [0, 0.05) is 5.92 Å². The van der Waals surface area contributed by atoms with Crippen molar-refractivity contribution in [2.75, 3.05) is 19.7 Å². The Balaban J connectivity index is 1.18. The summed E-state index contributed by atoms with van der Waals surface area (Å²) < 4.78 is 11.6. The van der Waals surface area contributed by atoms with E-state index in [4.69, 9.17) is 9.47 Å². The molecule has 28 heavy (non-hydrogen) atoms. The normalized spacial score (nSPS) is 24.0. The van der Waals surface area contributed by atoms with Gasteiger partial charge in [0.2, 0.25) is 0 Å². The van der Waals surface area contributed by atoms with Crippen LogP contribution in [0.5, 0.6) is 0 Å². The zero-order chi connectivity index (χ0) is 19.1. The third kappa shape index (κ3) is 3.09. The Bertz CT molecular complexity index is 831. The zero-order valence-corrected chi connectivity index (χ0v) is 15.8. The molecular formula is C23H25NO4.